The minimum absolute atomic E-state index is 0.186. The van der Waals surface area contributed by atoms with Gasteiger partial charge < -0.3 is 10.2 Å². The first-order chi connectivity index (χ1) is 11.8. The maximum Gasteiger partial charge on any atom is 0.252 e. The number of carbonyl (C=O) groups excluding carboxylic acids is 2. The first-order valence-corrected chi connectivity index (χ1v) is 8.62. The van der Waals surface area contributed by atoms with Crippen molar-refractivity contribution in [3.05, 3.63) is 68.8 Å². The lowest BCUT2D eigenvalue weighted by atomic mass is 10.1. The Morgan fingerprint density at radius 3 is 2.48 bits per heavy atom. The van der Waals surface area contributed by atoms with Gasteiger partial charge in [-0.2, -0.15) is 0 Å². The van der Waals surface area contributed by atoms with E-state index in [0.717, 1.165) is 15.7 Å². The van der Waals surface area contributed by atoms with Crippen LogP contribution >= 0.6 is 22.6 Å². The number of carbonyl (C=O) groups is 2. The van der Waals surface area contributed by atoms with Gasteiger partial charge in [0.05, 0.1) is 18.2 Å². The fourth-order valence-corrected chi connectivity index (χ4v) is 2.87. The molecule has 0 saturated heterocycles. The van der Waals surface area contributed by atoms with Gasteiger partial charge in [0.1, 0.15) is 0 Å². The van der Waals surface area contributed by atoms with Gasteiger partial charge in [0.2, 0.25) is 5.91 Å². The second-order valence-corrected chi connectivity index (χ2v) is 6.68. The first kappa shape index (κ1) is 19.3. The highest BCUT2D eigenvalue weighted by molar-refractivity contribution is 14.1. The van der Waals surface area contributed by atoms with Crippen molar-refractivity contribution in [1.29, 1.82) is 0 Å². The van der Waals surface area contributed by atoms with Crippen LogP contribution in [0.5, 0.6) is 0 Å². The van der Waals surface area contributed by atoms with Crippen molar-refractivity contribution in [3.63, 3.8) is 0 Å². The van der Waals surface area contributed by atoms with E-state index in [4.69, 9.17) is 0 Å². The predicted molar refractivity (Wildman–Crippen MR) is 99.0 cm³/mol. The Morgan fingerprint density at radius 1 is 1.16 bits per heavy atom. The third kappa shape index (κ3) is 4.75. The van der Waals surface area contributed by atoms with Crippen LogP contribution in [0.3, 0.4) is 0 Å². The van der Waals surface area contributed by atoms with E-state index in [1.807, 2.05) is 28.7 Å². The predicted octanol–water partition coefficient (Wildman–Crippen LogP) is 3.52. The number of nitrogens with one attached hydrogen (secondary N) is 1. The molecule has 0 aliphatic heterocycles. The molecule has 1 atom stereocenters. The molecule has 0 spiro atoms. The monoisotopic (exact) mass is 458 g/mol. The molecule has 2 amide bonds. The van der Waals surface area contributed by atoms with Gasteiger partial charge in [0, 0.05) is 10.6 Å². The van der Waals surface area contributed by atoms with E-state index in [0.29, 0.717) is 11.1 Å². The quantitative estimate of drug-likeness (QED) is 0.698. The summed E-state index contributed by atoms with van der Waals surface area (Å²) in [6.45, 7) is 1.51. The highest BCUT2D eigenvalue weighted by Gasteiger charge is 2.19. The molecule has 2 rings (SSSR count). The number of hydrogen-bond donors (Lipinski definition) is 1. The van der Waals surface area contributed by atoms with E-state index < -0.39 is 17.7 Å². The van der Waals surface area contributed by atoms with Gasteiger partial charge in [-0.1, -0.05) is 18.2 Å². The Kier molecular flexibility index (Phi) is 6.46. The van der Waals surface area contributed by atoms with Crippen molar-refractivity contribution in [2.45, 2.75) is 13.0 Å². The van der Waals surface area contributed by atoms with Crippen LogP contribution in [0.2, 0.25) is 0 Å². The normalized spacial score (nSPS) is 11.7. The third-order valence-electron chi connectivity index (χ3n) is 3.92. The second-order valence-electron chi connectivity index (χ2n) is 5.52. The lowest BCUT2D eigenvalue weighted by Crippen LogP contribution is -2.39. The van der Waals surface area contributed by atoms with E-state index in [9.17, 15) is 18.4 Å². The van der Waals surface area contributed by atoms with Gasteiger partial charge in [0.25, 0.3) is 5.91 Å². The van der Waals surface area contributed by atoms with E-state index in [1.54, 1.807) is 32.2 Å². The summed E-state index contributed by atoms with van der Waals surface area (Å²) in [5.41, 5.74) is 0.964. The van der Waals surface area contributed by atoms with Crippen molar-refractivity contribution in [2.75, 3.05) is 13.6 Å². The summed E-state index contributed by atoms with van der Waals surface area (Å²) in [6, 6.07) is 10.1. The minimum Gasteiger partial charge on any atom is -0.343 e. The van der Waals surface area contributed by atoms with Gasteiger partial charge in [-0.3, -0.25) is 9.59 Å². The van der Waals surface area contributed by atoms with E-state index in [1.165, 1.54) is 11.0 Å². The fourth-order valence-electron chi connectivity index (χ4n) is 2.23. The Hall–Kier alpha value is -2.03. The van der Waals surface area contributed by atoms with Crippen LogP contribution in [0.1, 0.15) is 28.9 Å². The molecule has 4 nitrogen and oxygen atoms in total. The number of halogens is 3. The molecule has 0 aliphatic rings. The summed E-state index contributed by atoms with van der Waals surface area (Å²) in [5, 5.41) is 2.58. The summed E-state index contributed by atoms with van der Waals surface area (Å²) in [7, 11) is 1.55. The lowest BCUT2D eigenvalue weighted by molar-refractivity contribution is -0.130. The average molecular weight is 458 g/mol. The Labute approximate surface area is 158 Å². The van der Waals surface area contributed by atoms with Gasteiger partial charge >= 0.3 is 0 Å². The van der Waals surface area contributed by atoms with Crippen LogP contribution in [0.4, 0.5) is 8.78 Å². The largest absolute Gasteiger partial charge is 0.343 e. The number of nitrogens with zero attached hydrogens (tertiary/aromatic N) is 1. The van der Waals surface area contributed by atoms with Crippen LogP contribution < -0.4 is 5.32 Å². The molecule has 0 aliphatic carbocycles. The number of benzene rings is 2. The maximum atomic E-state index is 13.3. The van der Waals surface area contributed by atoms with E-state index in [-0.39, 0.29) is 18.4 Å². The van der Waals surface area contributed by atoms with Gasteiger partial charge in [-0.05, 0) is 59.3 Å². The number of amides is 2. The van der Waals surface area contributed by atoms with Crippen molar-refractivity contribution < 1.29 is 18.4 Å². The SMILES string of the molecule is CC(c1ccc(F)c(F)c1)N(C)C(=O)CNC(=O)c1ccccc1I. The zero-order chi connectivity index (χ0) is 18.6. The molecule has 1 unspecified atom stereocenters. The molecule has 0 radical (unpaired) electrons. The molecule has 1 N–H and O–H groups in total. The van der Waals surface area contributed by atoms with Crippen LogP contribution in [0, 0.1) is 15.2 Å². The van der Waals surface area contributed by atoms with Crippen LogP contribution in [-0.4, -0.2) is 30.3 Å². The highest BCUT2D eigenvalue weighted by atomic mass is 127. The van der Waals surface area contributed by atoms with Crippen molar-refractivity contribution in [2.24, 2.45) is 0 Å². The second kappa shape index (κ2) is 8.37. The summed E-state index contributed by atoms with van der Waals surface area (Å²) in [4.78, 5) is 25.8. The van der Waals surface area contributed by atoms with Gasteiger partial charge in [-0.25, -0.2) is 8.78 Å². The molecule has 0 fully saturated rings. The molecule has 0 aromatic heterocycles. The molecule has 2 aromatic rings. The minimum atomic E-state index is -0.961. The fraction of sp³-hybridized carbons (Fsp3) is 0.222. The number of likely N-dealkylation sites (N-methyl/N-ethyl adjacent to an activating group) is 1. The molecular weight excluding hydrogens is 441 g/mol. The summed E-state index contributed by atoms with van der Waals surface area (Å²) >= 11 is 2.05. The summed E-state index contributed by atoms with van der Waals surface area (Å²) in [6.07, 6.45) is 0. The van der Waals surface area contributed by atoms with E-state index >= 15 is 0 Å². The highest BCUT2D eigenvalue weighted by Crippen LogP contribution is 2.21. The molecule has 7 heteroatoms. The number of hydrogen-bond acceptors (Lipinski definition) is 2. The Balaban J connectivity index is 1.99. The smallest absolute Gasteiger partial charge is 0.252 e. The third-order valence-corrected chi connectivity index (χ3v) is 4.86. The lowest BCUT2D eigenvalue weighted by Gasteiger charge is -2.25. The molecule has 132 valence electrons. The molecule has 25 heavy (non-hydrogen) atoms. The van der Waals surface area contributed by atoms with E-state index in [2.05, 4.69) is 5.32 Å². The Bertz CT molecular complexity index is 798. The standard InChI is InChI=1S/C18H17F2IN2O2/c1-11(12-7-8-14(19)15(20)9-12)23(2)17(24)10-22-18(25)13-5-3-4-6-16(13)21/h3-9,11H,10H2,1-2H3,(H,22,25). The van der Waals surface area contributed by atoms with Crippen molar-refractivity contribution >= 4 is 34.4 Å². The van der Waals surface area contributed by atoms with Crippen molar-refractivity contribution in [1.82, 2.24) is 10.2 Å². The zero-order valence-corrected chi connectivity index (χ0v) is 15.9. The molecule has 0 saturated carbocycles. The Morgan fingerprint density at radius 2 is 1.84 bits per heavy atom. The maximum absolute atomic E-state index is 13.3. The van der Waals surface area contributed by atoms with Gasteiger partial charge in [-0.15, -0.1) is 0 Å². The van der Waals surface area contributed by atoms with Gasteiger partial charge in [0.15, 0.2) is 11.6 Å². The van der Waals surface area contributed by atoms with Crippen LogP contribution in [0.25, 0.3) is 0 Å². The number of rotatable bonds is 5. The van der Waals surface area contributed by atoms with Crippen molar-refractivity contribution in [3.8, 4) is 0 Å². The molecule has 0 bridgehead atoms. The first-order valence-electron chi connectivity index (χ1n) is 7.54. The molecule has 0 heterocycles. The van der Waals surface area contributed by atoms with Crippen LogP contribution in [-0.2, 0) is 4.79 Å². The molecular formula is C18H17F2IN2O2. The average Bonchev–Trinajstić information content (AvgIpc) is 2.60. The summed E-state index contributed by atoms with van der Waals surface area (Å²) < 4.78 is 27.2. The zero-order valence-electron chi connectivity index (χ0n) is 13.7. The topological polar surface area (TPSA) is 49.4 Å². The molecule has 2 aromatic carbocycles. The summed E-state index contributed by atoms with van der Waals surface area (Å²) in [5.74, 6) is -2.57. The van der Waals surface area contributed by atoms with Crippen LogP contribution in [0.15, 0.2) is 42.5 Å².